The zero-order valence-electron chi connectivity index (χ0n) is 17.1. The fourth-order valence-corrected chi connectivity index (χ4v) is 4.61. The maximum Gasteiger partial charge on any atom is 0.223 e. The molecule has 0 spiro atoms. The highest BCUT2D eigenvalue weighted by atomic mass is 16.2. The van der Waals surface area contributed by atoms with Crippen LogP contribution in [0.15, 0.2) is 61.2 Å². The first-order valence-electron chi connectivity index (χ1n) is 10.5. The van der Waals surface area contributed by atoms with Gasteiger partial charge in [-0.3, -0.25) is 9.48 Å². The Kier molecular flexibility index (Phi) is 4.83. The highest BCUT2D eigenvalue weighted by Gasteiger charge is 2.34. The number of carbonyl (C=O) groups is 1. The summed E-state index contributed by atoms with van der Waals surface area (Å²) < 4.78 is 1.78. The van der Waals surface area contributed by atoms with Crippen molar-refractivity contribution in [2.75, 3.05) is 6.54 Å². The molecule has 5 rings (SSSR count). The van der Waals surface area contributed by atoms with Crippen molar-refractivity contribution in [3.63, 3.8) is 0 Å². The van der Waals surface area contributed by atoms with E-state index in [-0.39, 0.29) is 11.9 Å². The zero-order valence-corrected chi connectivity index (χ0v) is 17.1. The minimum atomic E-state index is -0.0822. The van der Waals surface area contributed by atoms with E-state index in [4.69, 9.17) is 0 Å². The number of para-hydroxylation sites is 1. The van der Waals surface area contributed by atoms with Crippen LogP contribution in [0.3, 0.4) is 0 Å². The maximum atomic E-state index is 13.3. The summed E-state index contributed by atoms with van der Waals surface area (Å²) in [5.74, 6) is 0.188. The number of amides is 1. The second-order valence-electron chi connectivity index (χ2n) is 7.92. The highest BCUT2D eigenvalue weighted by Crippen LogP contribution is 2.39. The van der Waals surface area contributed by atoms with Crippen molar-refractivity contribution in [1.82, 2.24) is 24.6 Å². The number of hydrogen-bond donors (Lipinski definition) is 1. The van der Waals surface area contributed by atoms with Crippen molar-refractivity contribution in [2.45, 2.75) is 38.8 Å². The van der Waals surface area contributed by atoms with E-state index in [0.29, 0.717) is 13.0 Å². The third-order valence-corrected chi connectivity index (χ3v) is 6.08. The molecule has 0 saturated heterocycles. The molecule has 0 unspecified atom stereocenters. The molecule has 6 heteroatoms. The molecule has 0 fully saturated rings. The second kappa shape index (κ2) is 7.78. The fourth-order valence-electron chi connectivity index (χ4n) is 4.61. The summed E-state index contributed by atoms with van der Waals surface area (Å²) in [4.78, 5) is 23.0. The molecule has 2 aromatic heterocycles. The van der Waals surface area contributed by atoms with E-state index in [1.165, 1.54) is 28.4 Å². The normalized spacial score (nSPS) is 16.0. The van der Waals surface area contributed by atoms with Crippen LogP contribution in [0.4, 0.5) is 0 Å². The van der Waals surface area contributed by atoms with Gasteiger partial charge in [0.15, 0.2) is 0 Å². The van der Waals surface area contributed by atoms with E-state index < -0.39 is 0 Å². The number of fused-ring (bicyclic) bond motifs is 3. The Morgan fingerprint density at radius 2 is 2.00 bits per heavy atom. The number of nitrogens with zero attached hydrogens (tertiary/aromatic N) is 4. The van der Waals surface area contributed by atoms with E-state index in [2.05, 4.69) is 75.4 Å². The first-order valence-corrected chi connectivity index (χ1v) is 10.5. The van der Waals surface area contributed by atoms with E-state index in [1.54, 1.807) is 11.0 Å². The van der Waals surface area contributed by atoms with Gasteiger partial charge in [0.1, 0.15) is 12.7 Å². The van der Waals surface area contributed by atoms with E-state index in [1.807, 2.05) is 0 Å². The van der Waals surface area contributed by atoms with E-state index in [9.17, 15) is 4.79 Å². The number of aryl methyl sites for hydroxylation is 2. The van der Waals surface area contributed by atoms with Crippen LogP contribution in [0, 0.1) is 6.92 Å². The van der Waals surface area contributed by atoms with Gasteiger partial charge >= 0.3 is 0 Å². The highest BCUT2D eigenvalue weighted by molar-refractivity contribution is 5.86. The average molecular weight is 399 g/mol. The van der Waals surface area contributed by atoms with Crippen LogP contribution in [-0.2, 0) is 17.8 Å². The third-order valence-electron chi connectivity index (χ3n) is 6.08. The molecule has 1 amide bonds. The summed E-state index contributed by atoms with van der Waals surface area (Å²) in [6.45, 7) is 3.56. The number of carbonyl (C=O) groups excluding carboxylic acids is 1. The molecule has 30 heavy (non-hydrogen) atoms. The third kappa shape index (κ3) is 3.28. The van der Waals surface area contributed by atoms with Gasteiger partial charge < -0.3 is 9.88 Å². The molecule has 1 N–H and O–H groups in total. The summed E-state index contributed by atoms with van der Waals surface area (Å²) in [7, 11) is 0. The van der Waals surface area contributed by atoms with E-state index >= 15 is 0 Å². The molecular formula is C24H25N5O. The van der Waals surface area contributed by atoms with Crippen molar-refractivity contribution >= 4 is 16.8 Å². The molecule has 2 aromatic carbocycles. The van der Waals surface area contributed by atoms with Crippen molar-refractivity contribution in [3.8, 4) is 0 Å². The van der Waals surface area contributed by atoms with Crippen LogP contribution >= 0.6 is 0 Å². The molecule has 0 radical (unpaired) electrons. The molecular weight excluding hydrogens is 374 g/mol. The molecule has 0 saturated carbocycles. The molecule has 3 heterocycles. The number of aromatic nitrogens is 4. The van der Waals surface area contributed by atoms with E-state index in [0.717, 1.165) is 30.6 Å². The predicted molar refractivity (Wildman–Crippen MR) is 116 cm³/mol. The van der Waals surface area contributed by atoms with Crippen LogP contribution in [0.1, 0.15) is 41.3 Å². The molecule has 4 aromatic rings. The molecule has 1 aliphatic rings. The first kappa shape index (κ1) is 18.6. The minimum absolute atomic E-state index is 0.0822. The van der Waals surface area contributed by atoms with Crippen LogP contribution in [0.2, 0.25) is 0 Å². The Morgan fingerprint density at radius 3 is 2.83 bits per heavy atom. The van der Waals surface area contributed by atoms with Gasteiger partial charge in [0.25, 0.3) is 0 Å². The minimum Gasteiger partial charge on any atom is -0.356 e. The van der Waals surface area contributed by atoms with Crippen molar-refractivity contribution in [2.24, 2.45) is 0 Å². The maximum absolute atomic E-state index is 13.3. The summed E-state index contributed by atoms with van der Waals surface area (Å²) in [6, 6.07) is 16.7. The van der Waals surface area contributed by atoms with Crippen LogP contribution in [0.25, 0.3) is 10.9 Å². The lowest BCUT2D eigenvalue weighted by Crippen LogP contribution is -2.40. The molecule has 152 valence electrons. The molecule has 0 bridgehead atoms. The van der Waals surface area contributed by atoms with Gasteiger partial charge in [-0.2, -0.15) is 5.10 Å². The Morgan fingerprint density at radius 1 is 1.17 bits per heavy atom. The smallest absolute Gasteiger partial charge is 0.223 e. The Balaban J connectivity index is 1.49. The van der Waals surface area contributed by atoms with Gasteiger partial charge in [0.2, 0.25) is 5.91 Å². The zero-order chi connectivity index (χ0) is 20.5. The lowest BCUT2D eigenvalue weighted by Gasteiger charge is -2.37. The topological polar surface area (TPSA) is 66.8 Å². The number of nitrogens with one attached hydrogen (secondary N) is 1. The Hall–Kier alpha value is -3.41. The van der Waals surface area contributed by atoms with Crippen LogP contribution in [-0.4, -0.2) is 37.1 Å². The van der Waals surface area contributed by atoms with Crippen LogP contribution < -0.4 is 0 Å². The molecule has 6 nitrogen and oxygen atoms in total. The SMILES string of the molecule is Cc1ccccc1[C@H]1c2[nH]c3ccccc3c2CCN1C(=O)CCCn1cncn1. The number of hydrogen-bond acceptors (Lipinski definition) is 3. The van der Waals surface area contributed by atoms with Gasteiger partial charge in [-0.05, 0) is 42.5 Å². The fraction of sp³-hybridized carbons (Fsp3) is 0.292. The molecule has 1 aliphatic heterocycles. The number of H-pyrrole nitrogens is 1. The van der Waals surface area contributed by atoms with Crippen LogP contribution in [0.5, 0.6) is 0 Å². The second-order valence-corrected chi connectivity index (χ2v) is 7.92. The first-order chi connectivity index (χ1) is 14.7. The van der Waals surface area contributed by atoms with Gasteiger partial charge in [0.05, 0.1) is 6.04 Å². The standard InChI is InChI=1S/C24H25N5O/c1-17-7-2-3-8-18(17)24-23-20(19-9-4-5-10-21(19)27-23)12-14-29(24)22(30)11-6-13-28-16-25-15-26-28/h2-5,7-10,15-16,24,27H,6,11-14H2,1H3/t24-/m0/s1. The lowest BCUT2D eigenvalue weighted by molar-refractivity contribution is -0.133. The predicted octanol–water partition coefficient (Wildman–Crippen LogP) is 4.02. The quantitative estimate of drug-likeness (QED) is 0.551. The van der Waals surface area contributed by atoms with Crippen molar-refractivity contribution < 1.29 is 4.79 Å². The lowest BCUT2D eigenvalue weighted by atomic mass is 9.90. The van der Waals surface area contributed by atoms with Gasteiger partial charge in [-0.25, -0.2) is 4.98 Å². The number of rotatable bonds is 5. The van der Waals surface area contributed by atoms with Gasteiger partial charge in [-0.15, -0.1) is 0 Å². The summed E-state index contributed by atoms with van der Waals surface area (Å²) in [5, 5.41) is 5.40. The summed E-state index contributed by atoms with van der Waals surface area (Å²) in [5.41, 5.74) is 6.03. The molecule has 1 atom stereocenters. The number of aromatic amines is 1. The summed E-state index contributed by atoms with van der Waals surface area (Å²) in [6.07, 6.45) is 5.34. The Labute approximate surface area is 175 Å². The van der Waals surface area contributed by atoms with Gasteiger partial charge in [-0.1, -0.05) is 42.5 Å². The average Bonchev–Trinajstić information content (AvgIpc) is 3.41. The van der Waals surface area contributed by atoms with Crippen molar-refractivity contribution in [1.29, 1.82) is 0 Å². The molecule has 0 aliphatic carbocycles. The largest absolute Gasteiger partial charge is 0.356 e. The number of benzene rings is 2. The van der Waals surface area contributed by atoms with Gasteiger partial charge in [0, 0.05) is 36.1 Å². The van der Waals surface area contributed by atoms with Crippen molar-refractivity contribution in [3.05, 3.63) is 83.6 Å². The monoisotopic (exact) mass is 399 g/mol. The summed E-state index contributed by atoms with van der Waals surface area (Å²) >= 11 is 0. The Bertz CT molecular complexity index is 1180.